The second-order valence-electron chi connectivity index (χ2n) is 11.9. The molecular formula is C37H40ClN3O4S. The topological polar surface area (TPSA) is 86.8 Å². The zero-order chi connectivity index (χ0) is 32.5. The monoisotopic (exact) mass is 657 g/mol. The molecule has 46 heavy (non-hydrogen) atoms. The summed E-state index contributed by atoms with van der Waals surface area (Å²) in [6.45, 7) is 1.60. The maximum absolute atomic E-state index is 14.6. The van der Waals surface area contributed by atoms with E-state index in [9.17, 15) is 18.0 Å². The molecule has 4 aromatic carbocycles. The fourth-order valence-electron chi connectivity index (χ4n) is 5.96. The van der Waals surface area contributed by atoms with Crippen LogP contribution in [0.25, 0.3) is 0 Å². The predicted octanol–water partition coefficient (Wildman–Crippen LogP) is 6.93. The summed E-state index contributed by atoms with van der Waals surface area (Å²) in [7, 11) is -4.16. The third-order valence-corrected chi connectivity index (χ3v) is 10.4. The Balaban J connectivity index is 1.55. The molecule has 0 spiro atoms. The molecule has 9 heteroatoms. The van der Waals surface area contributed by atoms with Gasteiger partial charge in [0.1, 0.15) is 12.6 Å². The molecule has 0 saturated heterocycles. The van der Waals surface area contributed by atoms with E-state index < -0.39 is 28.5 Å². The van der Waals surface area contributed by atoms with Gasteiger partial charge in [-0.3, -0.25) is 13.9 Å². The first-order valence-corrected chi connectivity index (χ1v) is 17.6. The average Bonchev–Trinajstić information content (AvgIpc) is 3.07. The quantitative estimate of drug-likeness (QED) is 0.179. The van der Waals surface area contributed by atoms with Crippen LogP contribution >= 0.6 is 11.6 Å². The summed E-state index contributed by atoms with van der Waals surface area (Å²) >= 11 is 6.15. The zero-order valence-corrected chi connectivity index (χ0v) is 27.6. The van der Waals surface area contributed by atoms with E-state index in [0.29, 0.717) is 10.7 Å². The van der Waals surface area contributed by atoms with Gasteiger partial charge >= 0.3 is 0 Å². The molecule has 0 aliphatic heterocycles. The molecule has 240 valence electrons. The van der Waals surface area contributed by atoms with E-state index in [-0.39, 0.29) is 29.8 Å². The molecule has 1 atom stereocenters. The van der Waals surface area contributed by atoms with Crippen molar-refractivity contribution in [2.45, 2.75) is 69.0 Å². The minimum Gasteiger partial charge on any atom is -0.352 e. The number of sulfonamides is 1. The Kier molecular flexibility index (Phi) is 11.1. The molecular weight excluding hydrogens is 618 g/mol. The molecule has 1 N–H and O–H groups in total. The Hall–Kier alpha value is -4.14. The molecule has 2 amide bonds. The SMILES string of the molecule is Cc1cccc(CN(C(=O)CN(c2ccc(Cl)cc2)S(=O)(=O)c2ccccc2)[C@H](Cc2ccccc2)C(=O)NC2CCCCC2)c1. The highest BCUT2D eigenvalue weighted by atomic mass is 35.5. The average molecular weight is 658 g/mol. The Morgan fingerprint density at radius 2 is 1.46 bits per heavy atom. The van der Waals surface area contributed by atoms with E-state index in [1.54, 1.807) is 47.4 Å². The summed E-state index contributed by atoms with van der Waals surface area (Å²) in [4.78, 5) is 30.4. The summed E-state index contributed by atoms with van der Waals surface area (Å²) < 4.78 is 29.3. The number of hydrogen-bond donors (Lipinski definition) is 1. The van der Waals surface area contributed by atoms with Crippen LogP contribution in [-0.4, -0.2) is 43.8 Å². The van der Waals surface area contributed by atoms with Crippen molar-refractivity contribution in [3.05, 3.63) is 131 Å². The van der Waals surface area contributed by atoms with Crippen molar-refractivity contribution in [2.75, 3.05) is 10.8 Å². The van der Waals surface area contributed by atoms with Gasteiger partial charge in [-0.2, -0.15) is 0 Å². The second kappa shape index (κ2) is 15.4. The first-order valence-electron chi connectivity index (χ1n) is 15.7. The summed E-state index contributed by atoms with van der Waals surface area (Å²) in [6, 6.07) is 31.0. The zero-order valence-electron chi connectivity index (χ0n) is 26.0. The van der Waals surface area contributed by atoms with Crippen molar-refractivity contribution in [1.29, 1.82) is 0 Å². The summed E-state index contributed by atoms with van der Waals surface area (Å²) in [5, 5.41) is 3.68. The lowest BCUT2D eigenvalue weighted by molar-refractivity contribution is -0.140. The maximum atomic E-state index is 14.6. The van der Waals surface area contributed by atoms with E-state index in [1.165, 1.54) is 12.1 Å². The van der Waals surface area contributed by atoms with E-state index in [4.69, 9.17) is 11.6 Å². The van der Waals surface area contributed by atoms with Crippen molar-refractivity contribution in [3.63, 3.8) is 0 Å². The predicted molar refractivity (Wildman–Crippen MR) is 183 cm³/mol. The van der Waals surface area contributed by atoms with Crippen LogP contribution in [-0.2, 0) is 32.6 Å². The smallest absolute Gasteiger partial charge is 0.264 e. The van der Waals surface area contributed by atoms with Gasteiger partial charge < -0.3 is 10.2 Å². The summed E-state index contributed by atoms with van der Waals surface area (Å²) in [5.74, 6) is -0.726. The van der Waals surface area contributed by atoms with E-state index >= 15 is 0 Å². The first kappa shape index (κ1) is 33.2. The standard InChI is InChI=1S/C37H40ClN3O4S/c1-28-12-11-15-30(24-28)26-40(35(25-29-13-5-2-6-14-29)37(43)39-32-16-7-3-8-17-32)36(42)27-41(33-22-20-31(38)21-23-33)46(44,45)34-18-9-4-10-19-34/h2,4-6,9-15,18-24,32,35H,3,7-8,16-17,25-27H2,1H3,(H,39,43)/t35-/m1/s1. The second-order valence-corrected chi connectivity index (χ2v) is 14.2. The third-order valence-electron chi connectivity index (χ3n) is 8.38. The number of halogens is 1. The summed E-state index contributed by atoms with van der Waals surface area (Å²) in [5.41, 5.74) is 3.06. The normalized spacial score (nSPS) is 14.3. The fraction of sp³-hybridized carbons (Fsp3) is 0.297. The van der Waals surface area contributed by atoms with E-state index in [1.807, 2.05) is 61.5 Å². The van der Waals surface area contributed by atoms with E-state index in [2.05, 4.69) is 5.32 Å². The lowest BCUT2D eigenvalue weighted by atomic mass is 9.94. The molecule has 0 radical (unpaired) electrons. The number of aryl methyl sites for hydroxylation is 1. The number of carbonyl (C=O) groups excluding carboxylic acids is 2. The Morgan fingerprint density at radius 1 is 0.826 bits per heavy atom. The number of benzene rings is 4. The maximum Gasteiger partial charge on any atom is 0.264 e. The summed E-state index contributed by atoms with van der Waals surface area (Å²) in [6.07, 6.45) is 5.32. The number of hydrogen-bond acceptors (Lipinski definition) is 4. The molecule has 0 aromatic heterocycles. The minimum absolute atomic E-state index is 0.0412. The van der Waals surface area contributed by atoms with Crippen LogP contribution in [0.15, 0.2) is 114 Å². The van der Waals surface area contributed by atoms with Crippen LogP contribution in [0.4, 0.5) is 5.69 Å². The van der Waals surface area contributed by atoms with Crippen LogP contribution in [0, 0.1) is 6.92 Å². The number of rotatable bonds is 12. The van der Waals surface area contributed by atoms with Crippen LogP contribution in [0.1, 0.15) is 48.8 Å². The Labute approximate surface area is 277 Å². The van der Waals surface area contributed by atoms with Crippen LogP contribution < -0.4 is 9.62 Å². The van der Waals surface area contributed by atoms with Crippen molar-refractivity contribution < 1.29 is 18.0 Å². The molecule has 0 heterocycles. The van der Waals surface area contributed by atoms with Gasteiger partial charge in [-0.05, 0) is 67.3 Å². The van der Waals surface area contributed by atoms with E-state index in [0.717, 1.165) is 53.1 Å². The highest BCUT2D eigenvalue weighted by Crippen LogP contribution is 2.27. The van der Waals surface area contributed by atoms with Crippen LogP contribution in [0.2, 0.25) is 5.02 Å². The van der Waals surface area contributed by atoms with Crippen molar-refractivity contribution in [3.8, 4) is 0 Å². The Morgan fingerprint density at radius 3 is 2.11 bits per heavy atom. The van der Waals surface area contributed by atoms with Gasteiger partial charge in [0.2, 0.25) is 11.8 Å². The molecule has 1 saturated carbocycles. The third kappa shape index (κ3) is 8.56. The number of nitrogens with zero attached hydrogens (tertiary/aromatic N) is 2. The van der Waals surface area contributed by atoms with Gasteiger partial charge in [0.15, 0.2) is 0 Å². The molecule has 1 aliphatic carbocycles. The number of amides is 2. The molecule has 1 fully saturated rings. The van der Waals surface area contributed by atoms with Crippen molar-refractivity contribution >= 4 is 39.1 Å². The van der Waals surface area contributed by atoms with Crippen molar-refractivity contribution in [1.82, 2.24) is 10.2 Å². The largest absolute Gasteiger partial charge is 0.352 e. The lowest BCUT2D eigenvalue weighted by Crippen LogP contribution is -2.55. The van der Waals surface area contributed by atoms with Gasteiger partial charge in [0, 0.05) is 24.0 Å². The number of nitrogens with one attached hydrogen (secondary N) is 1. The molecule has 5 rings (SSSR count). The van der Waals surface area contributed by atoms with Crippen LogP contribution in [0.5, 0.6) is 0 Å². The molecule has 1 aliphatic rings. The minimum atomic E-state index is -4.16. The van der Waals surface area contributed by atoms with Gasteiger partial charge in [0.05, 0.1) is 10.6 Å². The van der Waals surface area contributed by atoms with Gasteiger partial charge in [-0.25, -0.2) is 8.42 Å². The van der Waals surface area contributed by atoms with Gasteiger partial charge in [-0.1, -0.05) is 109 Å². The Bertz CT molecular complexity index is 1710. The van der Waals surface area contributed by atoms with Crippen LogP contribution in [0.3, 0.4) is 0 Å². The lowest BCUT2D eigenvalue weighted by Gasteiger charge is -2.35. The van der Waals surface area contributed by atoms with Crippen molar-refractivity contribution in [2.24, 2.45) is 0 Å². The van der Waals surface area contributed by atoms with Gasteiger partial charge in [0.25, 0.3) is 10.0 Å². The highest BCUT2D eigenvalue weighted by Gasteiger charge is 2.35. The molecule has 4 aromatic rings. The molecule has 7 nitrogen and oxygen atoms in total. The highest BCUT2D eigenvalue weighted by molar-refractivity contribution is 7.92. The fourth-order valence-corrected chi connectivity index (χ4v) is 7.52. The number of anilines is 1. The first-order chi connectivity index (χ1) is 22.2. The molecule has 0 unspecified atom stereocenters. The number of carbonyl (C=O) groups is 2. The van der Waals surface area contributed by atoms with Gasteiger partial charge in [-0.15, -0.1) is 0 Å². The molecule has 0 bridgehead atoms.